The van der Waals surface area contributed by atoms with Crippen LogP contribution in [0.25, 0.3) is 0 Å². The zero-order valence-corrected chi connectivity index (χ0v) is 8.98. The number of benzene rings is 1. The Morgan fingerprint density at radius 1 is 1.44 bits per heavy atom. The van der Waals surface area contributed by atoms with Crippen LogP contribution in [0.5, 0.6) is 5.75 Å². The average Bonchev–Trinajstić information content (AvgIpc) is 2.20. The fraction of sp³-hybridized carbons (Fsp3) is 0.364. The van der Waals surface area contributed by atoms with Crippen molar-refractivity contribution in [1.82, 2.24) is 0 Å². The van der Waals surface area contributed by atoms with Gasteiger partial charge in [-0.05, 0) is 32.0 Å². The third kappa shape index (κ3) is 2.93. The number of aliphatic hydroxyl groups excluding tert-OH is 1. The van der Waals surface area contributed by atoms with Gasteiger partial charge in [0.15, 0.2) is 6.10 Å². The molecule has 0 aromatic heterocycles. The van der Waals surface area contributed by atoms with Gasteiger partial charge in [-0.2, -0.15) is 0 Å². The first-order valence-corrected chi connectivity index (χ1v) is 4.78. The van der Waals surface area contributed by atoms with Crippen LogP contribution in [0, 0.1) is 5.82 Å². The van der Waals surface area contributed by atoms with Gasteiger partial charge in [0.05, 0.1) is 6.10 Å². The molecule has 4 nitrogen and oxygen atoms in total. The van der Waals surface area contributed by atoms with Crippen molar-refractivity contribution in [2.24, 2.45) is 0 Å². The Labute approximate surface area is 92.3 Å². The zero-order valence-electron chi connectivity index (χ0n) is 8.98. The molecule has 0 amide bonds. The van der Waals surface area contributed by atoms with Gasteiger partial charge in [0.1, 0.15) is 11.6 Å². The molecule has 0 radical (unpaired) electrons. The molecule has 88 valence electrons. The first-order chi connectivity index (χ1) is 7.41. The lowest BCUT2D eigenvalue weighted by Crippen LogP contribution is -2.23. The highest BCUT2D eigenvalue weighted by molar-refractivity contribution is 5.72. The van der Waals surface area contributed by atoms with Crippen molar-refractivity contribution in [2.45, 2.75) is 26.1 Å². The van der Waals surface area contributed by atoms with E-state index in [1.54, 1.807) is 0 Å². The summed E-state index contributed by atoms with van der Waals surface area (Å²) in [4.78, 5) is 10.6. The number of ether oxygens (including phenoxy) is 1. The second-order valence-corrected chi connectivity index (χ2v) is 3.46. The number of halogens is 1. The Morgan fingerprint density at radius 2 is 2.06 bits per heavy atom. The molecule has 1 aromatic carbocycles. The fourth-order valence-corrected chi connectivity index (χ4v) is 1.19. The first-order valence-electron chi connectivity index (χ1n) is 4.78. The van der Waals surface area contributed by atoms with E-state index < -0.39 is 24.0 Å². The van der Waals surface area contributed by atoms with Crippen LogP contribution in [0.4, 0.5) is 4.39 Å². The van der Waals surface area contributed by atoms with Gasteiger partial charge in [0.2, 0.25) is 0 Å². The summed E-state index contributed by atoms with van der Waals surface area (Å²) in [5.41, 5.74) is 0.230. The normalized spacial score (nSPS) is 14.2. The predicted octanol–water partition coefficient (Wildman–Crippen LogP) is 1.73. The minimum absolute atomic E-state index is 0.173. The van der Waals surface area contributed by atoms with Crippen LogP contribution in [0.3, 0.4) is 0 Å². The van der Waals surface area contributed by atoms with Crippen LogP contribution in [-0.2, 0) is 4.79 Å². The topological polar surface area (TPSA) is 66.8 Å². The van der Waals surface area contributed by atoms with Crippen molar-refractivity contribution in [3.05, 3.63) is 29.6 Å². The van der Waals surface area contributed by atoms with Crippen molar-refractivity contribution < 1.29 is 24.1 Å². The number of carbonyl (C=O) groups is 1. The maximum Gasteiger partial charge on any atom is 0.344 e. The number of carboxylic acid groups (broad SMARTS) is 1. The van der Waals surface area contributed by atoms with E-state index in [9.17, 15) is 14.3 Å². The fourth-order valence-electron chi connectivity index (χ4n) is 1.19. The SMILES string of the molecule is CC(Oc1ccc(F)cc1[C@@H](C)O)C(=O)O. The number of carboxylic acids is 1. The molecule has 16 heavy (non-hydrogen) atoms. The summed E-state index contributed by atoms with van der Waals surface area (Å²) in [6, 6.07) is 3.57. The van der Waals surface area contributed by atoms with E-state index in [1.165, 1.54) is 19.9 Å². The molecule has 0 saturated carbocycles. The highest BCUT2D eigenvalue weighted by atomic mass is 19.1. The number of aliphatic hydroxyl groups is 1. The molecule has 0 aliphatic heterocycles. The van der Waals surface area contributed by atoms with Crippen LogP contribution in [0.1, 0.15) is 25.5 Å². The molecule has 0 aliphatic carbocycles. The minimum Gasteiger partial charge on any atom is -0.479 e. The van der Waals surface area contributed by atoms with Crippen LogP contribution < -0.4 is 4.74 Å². The summed E-state index contributed by atoms with van der Waals surface area (Å²) in [6.45, 7) is 2.81. The van der Waals surface area contributed by atoms with Gasteiger partial charge < -0.3 is 14.9 Å². The maximum atomic E-state index is 12.9. The molecular formula is C11H13FO4. The Kier molecular flexibility index (Phi) is 3.84. The van der Waals surface area contributed by atoms with Crippen molar-refractivity contribution in [1.29, 1.82) is 0 Å². The van der Waals surface area contributed by atoms with Crippen LogP contribution in [0.15, 0.2) is 18.2 Å². The molecule has 1 unspecified atom stereocenters. The summed E-state index contributed by atoms with van der Waals surface area (Å²) in [7, 11) is 0. The molecule has 0 saturated heterocycles. The summed E-state index contributed by atoms with van der Waals surface area (Å²) in [6.07, 6.45) is -1.98. The van der Waals surface area contributed by atoms with E-state index in [1.807, 2.05) is 0 Å². The van der Waals surface area contributed by atoms with E-state index in [0.29, 0.717) is 0 Å². The van der Waals surface area contributed by atoms with Gasteiger partial charge in [-0.25, -0.2) is 9.18 Å². The van der Waals surface area contributed by atoms with Gasteiger partial charge in [0.25, 0.3) is 0 Å². The van der Waals surface area contributed by atoms with Gasteiger partial charge in [-0.3, -0.25) is 0 Å². The first kappa shape index (κ1) is 12.4. The Hall–Kier alpha value is -1.62. The maximum absolute atomic E-state index is 12.9. The third-order valence-corrected chi connectivity index (χ3v) is 2.07. The second kappa shape index (κ2) is 4.94. The lowest BCUT2D eigenvalue weighted by molar-refractivity contribution is -0.144. The quantitative estimate of drug-likeness (QED) is 0.823. The van der Waals surface area contributed by atoms with Gasteiger partial charge in [-0.1, -0.05) is 0 Å². The monoisotopic (exact) mass is 228 g/mol. The van der Waals surface area contributed by atoms with E-state index >= 15 is 0 Å². The summed E-state index contributed by atoms with van der Waals surface area (Å²) in [5.74, 6) is -1.46. The van der Waals surface area contributed by atoms with Gasteiger partial charge in [-0.15, -0.1) is 0 Å². The zero-order chi connectivity index (χ0) is 12.3. The molecule has 5 heteroatoms. The summed E-state index contributed by atoms with van der Waals surface area (Å²) >= 11 is 0. The number of rotatable bonds is 4. The molecule has 0 fully saturated rings. The Bertz CT molecular complexity index is 390. The molecule has 2 atom stereocenters. The molecule has 1 aromatic rings. The Balaban J connectivity index is 2.99. The average molecular weight is 228 g/mol. The molecular weight excluding hydrogens is 215 g/mol. The van der Waals surface area contributed by atoms with Crippen molar-refractivity contribution >= 4 is 5.97 Å². The Morgan fingerprint density at radius 3 is 2.56 bits per heavy atom. The standard InChI is InChI=1S/C11H13FO4/c1-6(13)9-5-8(12)3-4-10(9)16-7(2)11(14)15/h3-7,13H,1-2H3,(H,14,15)/t6-,7?/m1/s1. The second-order valence-electron chi connectivity index (χ2n) is 3.46. The highest BCUT2D eigenvalue weighted by Crippen LogP contribution is 2.26. The van der Waals surface area contributed by atoms with E-state index in [0.717, 1.165) is 12.1 Å². The minimum atomic E-state index is -1.12. The van der Waals surface area contributed by atoms with E-state index in [4.69, 9.17) is 9.84 Å². The summed E-state index contributed by atoms with van der Waals surface area (Å²) < 4.78 is 18.0. The molecule has 1 rings (SSSR count). The van der Waals surface area contributed by atoms with Crippen molar-refractivity contribution in [3.8, 4) is 5.75 Å². The molecule has 0 aliphatic rings. The van der Waals surface area contributed by atoms with Crippen LogP contribution in [-0.4, -0.2) is 22.3 Å². The summed E-state index contributed by atoms with van der Waals surface area (Å²) in [5, 5.41) is 18.1. The lowest BCUT2D eigenvalue weighted by Gasteiger charge is -2.15. The number of hydrogen-bond donors (Lipinski definition) is 2. The van der Waals surface area contributed by atoms with Crippen molar-refractivity contribution in [3.63, 3.8) is 0 Å². The molecule has 0 spiro atoms. The lowest BCUT2D eigenvalue weighted by atomic mass is 10.1. The van der Waals surface area contributed by atoms with Crippen molar-refractivity contribution in [2.75, 3.05) is 0 Å². The number of aliphatic carboxylic acids is 1. The van der Waals surface area contributed by atoms with Gasteiger partial charge >= 0.3 is 5.97 Å². The van der Waals surface area contributed by atoms with E-state index in [-0.39, 0.29) is 11.3 Å². The molecule has 0 bridgehead atoms. The highest BCUT2D eigenvalue weighted by Gasteiger charge is 2.17. The third-order valence-electron chi connectivity index (χ3n) is 2.07. The molecule has 2 N–H and O–H groups in total. The predicted molar refractivity (Wildman–Crippen MR) is 54.8 cm³/mol. The van der Waals surface area contributed by atoms with Crippen LogP contribution >= 0.6 is 0 Å². The largest absolute Gasteiger partial charge is 0.479 e. The number of hydrogen-bond acceptors (Lipinski definition) is 3. The smallest absolute Gasteiger partial charge is 0.344 e. The van der Waals surface area contributed by atoms with Crippen LogP contribution in [0.2, 0.25) is 0 Å². The van der Waals surface area contributed by atoms with E-state index in [2.05, 4.69) is 0 Å². The molecule has 0 heterocycles. The van der Waals surface area contributed by atoms with Gasteiger partial charge in [0, 0.05) is 5.56 Å².